The summed E-state index contributed by atoms with van der Waals surface area (Å²) in [5, 5.41) is 23.8. The maximum absolute atomic E-state index is 13.8. The molecule has 39 heavy (non-hydrogen) atoms. The van der Waals surface area contributed by atoms with E-state index < -0.39 is 17.2 Å². The topological polar surface area (TPSA) is 93.1 Å². The van der Waals surface area contributed by atoms with Crippen molar-refractivity contribution in [2.45, 2.75) is 94.9 Å². The van der Waals surface area contributed by atoms with E-state index >= 15 is 0 Å². The molecule has 1 saturated carbocycles. The van der Waals surface area contributed by atoms with Crippen molar-refractivity contribution >= 4 is 11.8 Å². The number of nitrogens with one attached hydrogen (secondary N) is 1. The zero-order valence-corrected chi connectivity index (χ0v) is 23.2. The molecule has 7 heteroatoms. The highest BCUT2D eigenvalue weighted by molar-refractivity contribution is 6.00. The van der Waals surface area contributed by atoms with Crippen molar-refractivity contribution in [3.63, 3.8) is 0 Å². The molecule has 0 unspecified atom stereocenters. The van der Waals surface area contributed by atoms with Gasteiger partial charge in [-0.05, 0) is 67.0 Å². The number of carbonyl (C=O) groups is 2. The van der Waals surface area contributed by atoms with Crippen LogP contribution < -0.4 is 5.32 Å². The Morgan fingerprint density at radius 1 is 0.949 bits per heavy atom. The van der Waals surface area contributed by atoms with Gasteiger partial charge in [0.2, 0.25) is 11.8 Å². The Morgan fingerprint density at radius 2 is 1.67 bits per heavy atom. The van der Waals surface area contributed by atoms with Gasteiger partial charge < -0.3 is 20.4 Å². The summed E-state index contributed by atoms with van der Waals surface area (Å²) in [5.41, 5.74) is 1.70. The number of aromatic hydroxyl groups is 1. The number of aliphatic hydroxyl groups is 1. The molecule has 2 heterocycles. The Balaban J connectivity index is 1.27. The molecule has 2 saturated heterocycles. The van der Waals surface area contributed by atoms with Gasteiger partial charge in [0.25, 0.3) is 0 Å². The molecule has 3 fully saturated rings. The Hall–Kier alpha value is -2.90. The molecule has 210 valence electrons. The van der Waals surface area contributed by atoms with Gasteiger partial charge in [0.05, 0.1) is 5.60 Å². The fourth-order valence-corrected chi connectivity index (χ4v) is 6.79. The normalized spacial score (nSPS) is 23.1. The van der Waals surface area contributed by atoms with Crippen LogP contribution in [0.3, 0.4) is 0 Å². The minimum absolute atomic E-state index is 0.0166. The molecule has 2 aliphatic heterocycles. The van der Waals surface area contributed by atoms with Crippen molar-refractivity contribution in [2.75, 3.05) is 19.6 Å². The molecule has 2 amide bonds. The third-order valence-corrected chi connectivity index (χ3v) is 9.13. The first kappa shape index (κ1) is 27.7. The first-order chi connectivity index (χ1) is 18.8. The molecular weight excluding hydrogens is 490 g/mol. The van der Waals surface area contributed by atoms with Crippen LogP contribution in [-0.2, 0) is 16.1 Å². The van der Waals surface area contributed by atoms with Gasteiger partial charge >= 0.3 is 0 Å². The zero-order chi connectivity index (χ0) is 27.5. The first-order valence-corrected chi connectivity index (χ1v) is 14.8. The summed E-state index contributed by atoms with van der Waals surface area (Å²) in [6, 6.07) is 15.0. The predicted octanol–water partition coefficient (Wildman–Crippen LogP) is 4.61. The molecule has 1 spiro atoms. The fraction of sp³-hybridized carbons (Fsp3) is 0.562. The number of nitrogens with zero attached hydrogens (tertiary/aromatic N) is 2. The lowest BCUT2D eigenvalue weighted by Crippen LogP contribution is -2.73. The number of piperidine rings is 1. The molecule has 0 radical (unpaired) electrons. The van der Waals surface area contributed by atoms with Crippen molar-refractivity contribution < 1.29 is 19.8 Å². The van der Waals surface area contributed by atoms with E-state index in [1.807, 2.05) is 17.0 Å². The van der Waals surface area contributed by atoms with E-state index in [-0.39, 0.29) is 17.6 Å². The number of benzene rings is 2. The fourth-order valence-electron chi connectivity index (χ4n) is 6.79. The molecular formula is C32H43N3O4. The third kappa shape index (κ3) is 5.99. The van der Waals surface area contributed by atoms with E-state index in [1.165, 1.54) is 5.56 Å². The molecule has 1 aliphatic carbocycles. The largest absolute Gasteiger partial charge is 0.508 e. The van der Waals surface area contributed by atoms with Gasteiger partial charge in [0.15, 0.2) is 0 Å². The number of amides is 2. The quantitative estimate of drug-likeness (QED) is 0.461. The number of phenols is 1. The van der Waals surface area contributed by atoms with Gasteiger partial charge in [-0.3, -0.25) is 14.5 Å². The number of phenolic OH excluding ortho intramolecular Hbond substituents is 1. The zero-order valence-electron chi connectivity index (χ0n) is 23.2. The van der Waals surface area contributed by atoms with Crippen molar-refractivity contribution in [3.8, 4) is 16.9 Å². The molecule has 0 bridgehead atoms. The second kappa shape index (κ2) is 11.7. The minimum atomic E-state index is -0.856. The smallest absolute Gasteiger partial charge is 0.246 e. The summed E-state index contributed by atoms with van der Waals surface area (Å²) >= 11 is 0. The number of carbonyl (C=O) groups excluding carboxylic acids is 2. The van der Waals surface area contributed by atoms with E-state index in [4.69, 9.17) is 0 Å². The van der Waals surface area contributed by atoms with E-state index in [9.17, 15) is 19.8 Å². The van der Waals surface area contributed by atoms with Gasteiger partial charge in [-0.15, -0.1) is 0 Å². The summed E-state index contributed by atoms with van der Waals surface area (Å²) in [6.45, 7) is 4.95. The lowest BCUT2D eigenvalue weighted by molar-refractivity contribution is -0.163. The van der Waals surface area contributed by atoms with Crippen LogP contribution in [0, 0.1) is 0 Å². The Morgan fingerprint density at radius 3 is 2.36 bits per heavy atom. The van der Waals surface area contributed by atoms with Crippen LogP contribution in [0.25, 0.3) is 11.1 Å². The molecule has 3 N–H and O–H groups in total. The first-order valence-electron chi connectivity index (χ1n) is 14.8. The lowest BCUT2D eigenvalue weighted by atomic mass is 9.77. The van der Waals surface area contributed by atoms with Crippen LogP contribution in [0.1, 0.15) is 76.7 Å². The van der Waals surface area contributed by atoms with Crippen molar-refractivity contribution in [1.82, 2.24) is 15.1 Å². The number of likely N-dealkylation sites (tertiary alicyclic amines) is 1. The maximum atomic E-state index is 13.8. The van der Waals surface area contributed by atoms with Crippen molar-refractivity contribution in [3.05, 3.63) is 54.1 Å². The van der Waals surface area contributed by atoms with Crippen LogP contribution in [0.2, 0.25) is 0 Å². The Labute approximate surface area is 232 Å². The van der Waals surface area contributed by atoms with Crippen LogP contribution >= 0.6 is 0 Å². The minimum Gasteiger partial charge on any atom is -0.508 e. The number of rotatable bonds is 8. The van der Waals surface area contributed by atoms with Gasteiger partial charge in [0, 0.05) is 32.6 Å². The van der Waals surface area contributed by atoms with E-state index in [2.05, 4.69) is 41.4 Å². The number of piperazine rings is 1. The Bertz CT molecular complexity index is 1150. The molecule has 1 atom stereocenters. The van der Waals surface area contributed by atoms with Crippen LogP contribution in [-0.4, -0.2) is 68.6 Å². The summed E-state index contributed by atoms with van der Waals surface area (Å²) in [4.78, 5) is 31.8. The van der Waals surface area contributed by atoms with E-state index in [0.717, 1.165) is 62.9 Å². The molecule has 3 aliphatic rings. The second-order valence-electron chi connectivity index (χ2n) is 11.9. The highest BCUT2D eigenvalue weighted by atomic mass is 16.3. The van der Waals surface area contributed by atoms with Gasteiger partial charge in [-0.25, -0.2) is 0 Å². The third-order valence-electron chi connectivity index (χ3n) is 9.13. The molecule has 0 aromatic heterocycles. The molecule has 2 aromatic rings. The van der Waals surface area contributed by atoms with Gasteiger partial charge in [0.1, 0.15) is 17.3 Å². The highest BCUT2D eigenvalue weighted by Gasteiger charge is 2.54. The van der Waals surface area contributed by atoms with Crippen LogP contribution in [0.15, 0.2) is 48.5 Å². The molecule has 7 nitrogen and oxygen atoms in total. The second-order valence-corrected chi connectivity index (χ2v) is 11.9. The standard InChI is InChI=1S/C32H43N3O4/c1-2-3-18-35-29(37)28(22-31(39)14-5-4-6-15-31)33-30(38)32(35)16-19-34(20-17-32)23-24-8-7-9-26(21-24)25-10-12-27(36)13-11-25/h7-13,21,28,36,39H,2-6,14-20,22-23H2,1H3,(H,33,38)/t28-/m1/s1. The SMILES string of the molecule is CCCCN1C(=O)[C@@H](CC2(O)CCCCC2)NC(=O)C12CCN(Cc1cccc(-c3ccc(O)cc3)c1)CC2. The molecule has 2 aromatic carbocycles. The monoisotopic (exact) mass is 533 g/mol. The van der Waals surface area contributed by atoms with Gasteiger partial charge in [-0.2, -0.15) is 0 Å². The summed E-state index contributed by atoms with van der Waals surface area (Å²) in [7, 11) is 0. The van der Waals surface area contributed by atoms with Crippen molar-refractivity contribution in [2.24, 2.45) is 0 Å². The maximum Gasteiger partial charge on any atom is 0.246 e. The summed E-state index contributed by atoms with van der Waals surface area (Å²) in [5.74, 6) is 0.195. The number of hydrogen-bond acceptors (Lipinski definition) is 5. The number of hydrogen-bond donors (Lipinski definition) is 3. The van der Waals surface area contributed by atoms with Gasteiger partial charge in [-0.1, -0.05) is 62.9 Å². The predicted molar refractivity (Wildman–Crippen MR) is 152 cm³/mol. The lowest BCUT2D eigenvalue weighted by Gasteiger charge is -2.52. The summed E-state index contributed by atoms with van der Waals surface area (Å²) < 4.78 is 0. The average Bonchev–Trinajstić information content (AvgIpc) is 2.94. The van der Waals surface area contributed by atoms with E-state index in [0.29, 0.717) is 38.6 Å². The highest BCUT2D eigenvalue weighted by Crippen LogP contribution is 2.38. The Kier molecular flexibility index (Phi) is 8.29. The average molecular weight is 534 g/mol. The van der Waals surface area contributed by atoms with Crippen LogP contribution in [0.4, 0.5) is 0 Å². The summed E-state index contributed by atoms with van der Waals surface area (Å²) in [6.07, 6.45) is 7.85. The molecule has 5 rings (SSSR count). The van der Waals surface area contributed by atoms with Crippen molar-refractivity contribution in [1.29, 1.82) is 0 Å². The van der Waals surface area contributed by atoms with E-state index in [1.54, 1.807) is 12.1 Å². The van der Waals surface area contributed by atoms with Crippen LogP contribution in [0.5, 0.6) is 5.75 Å². The number of unbranched alkanes of at least 4 members (excludes halogenated alkanes) is 1.